The predicted molar refractivity (Wildman–Crippen MR) is 118 cm³/mol. The summed E-state index contributed by atoms with van der Waals surface area (Å²) in [5.41, 5.74) is 3.55. The second kappa shape index (κ2) is 11.9. The van der Waals surface area contributed by atoms with Gasteiger partial charge in [-0.2, -0.15) is 5.10 Å². The van der Waals surface area contributed by atoms with Crippen molar-refractivity contribution in [2.24, 2.45) is 5.10 Å². The second-order valence-electron chi connectivity index (χ2n) is 6.11. The highest BCUT2D eigenvalue weighted by molar-refractivity contribution is 6.32. The minimum absolute atomic E-state index is 0.383. The number of ether oxygens (including phenoxy) is 4. The van der Waals surface area contributed by atoms with Gasteiger partial charge >= 0.3 is 0 Å². The monoisotopic (exact) mass is 434 g/mol. The molecule has 0 heterocycles. The zero-order valence-corrected chi connectivity index (χ0v) is 18.4. The Morgan fingerprint density at radius 1 is 1.03 bits per heavy atom. The summed E-state index contributed by atoms with van der Waals surface area (Å²) >= 11 is 6.34. The zero-order chi connectivity index (χ0) is 21.9. The smallest absolute Gasteiger partial charge is 0.271 e. The minimum Gasteiger partial charge on any atom is -0.493 e. The van der Waals surface area contributed by atoms with Crippen molar-refractivity contribution in [3.8, 4) is 23.0 Å². The number of carbonyl (C=O) groups is 1. The number of carbonyl (C=O) groups excluding carboxylic acids is 1. The molecule has 0 saturated heterocycles. The molecule has 162 valence electrons. The maximum atomic E-state index is 12.4. The molecule has 8 heteroatoms. The molecule has 0 saturated carbocycles. The van der Waals surface area contributed by atoms with Crippen molar-refractivity contribution in [1.29, 1.82) is 0 Å². The number of nitrogens with one attached hydrogen (secondary N) is 1. The van der Waals surface area contributed by atoms with E-state index in [-0.39, 0.29) is 5.91 Å². The Morgan fingerprint density at radius 2 is 1.77 bits per heavy atom. The van der Waals surface area contributed by atoms with Gasteiger partial charge in [-0.3, -0.25) is 4.79 Å². The molecule has 30 heavy (non-hydrogen) atoms. The van der Waals surface area contributed by atoms with Gasteiger partial charge in [0.15, 0.2) is 23.0 Å². The van der Waals surface area contributed by atoms with Crippen LogP contribution in [0.4, 0.5) is 0 Å². The number of rotatable bonds is 11. The molecule has 0 aliphatic rings. The van der Waals surface area contributed by atoms with E-state index >= 15 is 0 Å². The van der Waals surface area contributed by atoms with Crippen molar-refractivity contribution >= 4 is 23.7 Å². The zero-order valence-electron chi connectivity index (χ0n) is 17.7. The lowest BCUT2D eigenvalue weighted by molar-refractivity contribution is 0.0954. The molecule has 0 radical (unpaired) electrons. The van der Waals surface area contributed by atoms with E-state index in [1.54, 1.807) is 30.3 Å². The molecule has 0 aliphatic carbocycles. The number of methoxy groups -OCH3 is 1. The Morgan fingerprint density at radius 3 is 2.43 bits per heavy atom. The van der Waals surface area contributed by atoms with E-state index in [0.717, 1.165) is 6.42 Å². The van der Waals surface area contributed by atoms with Gasteiger partial charge in [0.1, 0.15) is 0 Å². The van der Waals surface area contributed by atoms with Crippen LogP contribution in [-0.4, -0.2) is 39.1 Å². The number of hydrogen-bond donors (Lipinski definition) is 1. The van der Waals surface area contributed by atoms with Gasteiger partial charge in [0, 0.05) is 5.56 Å². The van der Waals surface area contributed by atoms with E-state index in [4.69, 9.17) is 30.5 Å². The fourth-order valence-corrected chi connectivity index (χ4v) is 2.86. The first-order valence-electron chi connectivity index (χ1n) is 9.77. The van der Waals surface area contributed by atoms with E-state index in [2.05, 4.69) is 10.5 Å². The van der Waals surface area contributed by atoms with Crippen molar-refractivity contribution in [3.05, 3.63) is 46.5 Å². The standard InChI is InChI=1S/C22H27ClN2O5/c1-5-10-30-21-17(23)11-15(12-20(21)29-7-3)14-24-25-22(26)16-8-9-18(28-6-2)19(13-16)27-4/h8-9,11-14H,5-7,10H2,1-4H3,(H,25,26)/b24-14+. The first-order chi connectivity index (χ1) is 14.5. The minimum atomic E-state index is -0.383. The van der Waals surface area contributed by atoms with Crippen LogP contribution in [0.2, 0.25) is 5.02 Å². The summed E-state index contributed by atoms with van der Waals surface area (Å²) in [5.74, 6) is 1.70. The quantitative estimate of drug-likeness (QED) is 0.409. The van der Waals surface area contributed by atoms with Gasteiger partial charge in [0.25, 0.3) is 5.91 Å². The molecule has 7 nitrogen and oxygen atoms in total. The van der Waals surface area contributed by atoms with Crippen LogP contribution in [0, 0.1) is 0 Å². The molecule has 0 spiro atoms. The molecular formula is C22H27ClN2O5. The second-order valence-corrected chi connectivity index (χ2v) is 6.52. The molecule has 1 amide bonds. The van der Waals surface area contributed by atoms with Crippen LogP contribution in [-0.2, 0) is 0 Å². The fourth-order valence-electron chi connectivity index (χ4n) is 2.58. The molecule has 1 N–H and O–H groups in total. The Labute approximate surface area is 181 Å². The summed E-state index contributed by atoms with van der Waals surface area (Å²) in [6.45, 7) is 7.27. The van der Waals surface area contributed by atoms with Gasteiger partial charge in [-0.1, -0.05) is 18.5 Å². The van der Waals surface area contributed by atoms with Crippen LogP contribution in [0.15, 0.2) is 35.4 Å². The number of hydrogen-bond acceptors (Lipinski definition) is 6. The molecular weight excluding hydrogens is 408 g/mol. The lowest BCUT2D eigenvalue weighted by Crippen LogP contribution is -2.17. The number of hydrazone groups is 1. The van der Waals surface area contributed by atoms with Gasteiger partial charge in [-0.15, -0.1) is 0 Å². The SMILES string of the molecule is CCCOc1c(Cl)cc(/C=N/NC(=O)c2ccc(OCC)c(OC)c2)cc1OCC. The van der Waals surface area contributed by atoms with Crippen molar-refractivity contribution in [2.45, 2.75) is 27.2 Å². The highest BCUT2D eigenvalue weighted by atomic mass is 35.5. The number of amides is 1. The number of nitrogens with zero attached hydrogens (tertiary/aromatic N) is 1. The van der Waals surface area contributed by atoms with Gasteiger partial charge in [0.2, 0.25) is 0 Å². The molecule has 0 aliphatic heterocycles. The lowest BCUT2D eigenvalue weighted by atomic mass is 10.2. The fraction of sp³-hybridized carbons (Fsp3) is 0.364. The third-order valence-electron chi connectivity index (χ3n) is 3.89. The van der Waals surface area contributed by atoms with Crippen LogP contribution in [0.3, 0.4) is 0 Å². The summed E-state index contributed by atoms with van der Waals surface area (Å²) in [4.78, 5) is 12.4. The Hall–Kier alpha value is -2.93. The summed E-state index contributed by atoms with van der Waals surface area (Å²) in [5, 5.41) is 4.43. The van der Waals surface area contributed by atoms with Gasteiger partial charge < -0.3 is 18.9 Å². The maximum Gasteiger partial charge on any atom is 0.271 e. The van der Waals surface area contributed by atoms with E-state index in [1.165, 1.54) is 13.3 Å². The number of halogens is 1. The maximum absolute atomic E-state index is 12.4. The van der Waals surface area contributed by atoms with Gasteiger partial charge in [-0.25, -0.2) is 5.43 Å². The highest BCUT2D eigenvalue weighted by Gasteiger charge is 2.13. The average Bonchev–Trinajstić information content (AvgIpc) is 2.74. The largest absolute Gasteiger partial charge is 0.493 e. The van der Waals surface area contributed by atoms with Gasteiger partial charge in [0.05, 0.1) is 38.2 Å². The normalized spacial score (nSPS) is 10.7. The Balaban J connectivity index is 2.13. The summed E-state index contributed by atoms with van der Waals surface area (Å²) < 4.78 is 22.0. The van der Waals surface area contributed by atoms with Crippen LogP contribution in [0.5, 0.6) is 23.0 Å². The van der Waals surface area contributed by atoms with Crippen LogP contribution < -0.4 is 24.4 Å². The molecule has 0 atom stereocenters. The molecule has 0 unspecified atom stereocenters. The first-order valence-corrected chi connectivity index (χ1v) is 10.1. The van der Waals surface area contributed by atoms with Crippen molar-refractivity contribution in [1.82, 2.24) is 5.43 Å². The van der Waals surface area contributed by atoms with Crippen molar-refractivity contribution in [2.75, 3.05) is 26.9 Å². The van der Waals surface area contributed by atoms with Crippen LogP contribution in [0.1, 0.15) is 43.1 Å². The highest BCUT2D eigenvalue weighted by Crippen LogP contribution is 2.36. The molecule has 2 rings (SSSR count). The van der Waals surface area contributed by atoms with E-state index in [0.29, 0.717) is 59.0 Å². The molecule has 2 aromatic carbocycles. The molecule has 2 aromatic rings. The molecule has 0 bridgehead atoms. The van der Waals surface area contributed by atoms with E-state index in [9.17, 15) is 4.79 Å². The Kier molecular flexibility index (Phi) is 9.28. The predicted octanol–water partition coefficient (Wildman–Crippen LogP) is 4.70. The van der Waals surface area contributed by atoms with Crippen molar-refractivity contribution in [3.63, 3.8) is 0 Å². The van der Waals surface area contributed by atoms with Crippen LogP contribution in [0.25, 0.3) is 0 Å². The first kappa shape index (κ1) is 23.3. The Bertz CT molecular complexity index is 886. The average molecular weight is 435 g/mol. The summed E-state index contributed by atoms with van der Waals surface area (Å²) in [6.07, 6.45) is 2.34. The lowest BCUT2D eigenvalue weighted by Gasteiger charge is -2.13. The number of benzene rings is 2. The third kappa shape index (κ3) is 6.29. The summed E-state index contributed by atoms with van der Waals surface area (Å²) in [6, 6.07) is 8.38. The van der Waals surface area contributed by atoms with Gasteiger partial charge in [-0.05, 0) is 56.2 Å². The van der Waals surface area contributed by atoms with E-state index in [1.807, 2.05) is 20.8 Å². The van der Waals surface area contributed by atoms with E-state index < -0.39 is 0 Å². The third-order valence-corrected chi connectivity index (χ3v) is 4.17. The molecule has 0 aromatic heterocycles. The molecule has 0 fully saturated rings. The summed E-state index contributed by atoms with van der Waals surface area (Å²) in [7, 11) is 1.52. The van der Waals surface area contributed by atoms with Crippen LogP contribution >= 0.6 is 11.6 Å². The van der Waals surface area contributed by atoms with Crippen molar-refractivity contribution < 1.29 is 23.7 Å². The topological polar surface area (TPSA) is 78.4 Å².